The molecule has 0 radical (unpaired) electrons. The topological polar surface area (TPSA) is 59.4 Å². The number of fused-ring (bicyclic) bond motifs is 1. The Morgan fingerprint density at radius 1 is 1.46 bits per heavy atom. The Morgan fingerprint density at radius 2 is 2.17 bits per heavy atom. The number of carbonyl (C=O) groups excluding carboxylic acids is 1. The molecule has 2 aliphatic heterocycles. The number of alkyl halides is 2. The fourth-order valence-corrected chi connectivity index (χ4v) is 3.77. The van der Waals surface area contributed by atoms with Crippen LogP contribution in [0.25, 0.3) is 0 Å². The highest BCUT2D eigenvalue weighted by Crippen LogP contribution is 2.36. The quantitative estimate of drug-likeness (QED) is 0.910. The third-order valence-corrected chi connectivity index (χ3v) is 5.02. The smallest absolute Gasteiger partial charge is 0.260 e. The van der Waals surface area contributed by atoms with Crippen molar-refractivity contribution < 1.29 is 18.3 Å². The number of nitrogens with one attached hydrogen (secondary N) is 1. The number of rotatable bonds is 4. The molecule has 8 heteroatoms. The molecule has 0 aromatic carbocycles. The number of hydrogen-bond donors (Lipinski definition) is 1. The monoisotopic (exact) mass is 342 g/mol. The first kappa shape index (κ1) is 17.1. The van der Waals surface area contributed by atoms with E-state index in [-0.39, 0.29) is 24.5 Å². The molecule has 1 aromatic rings. The van der Waals surface area contributed by atoms with E-state index in [0.29, 0.717) is 25.3 Å². The normalized spacial score (nSPS) is 24.8. The minimum absolute atomic E-state index is 0.00715. The lowest BCUT2D eigenvalue weighted by Crippen LogP contribution is -2.46. The number of amides is 1. The summed E-state index contributed by atoms with van der Waals surface area (Å²) in [5, 5.41) is 7.58. The number of ether oxygens (including phenoxy) is 1. The Hall–Kier alpha value is -1.70. The molecule has 0 bridgehead atoms. The summed E-state index contributed by atoms with van der Waals surface area (Å²) >= 11 is 0. The number of halogens is 2. The van der Waals surface area contributed by atoms with Crippen molar-refractivity contribution in [3.63, 3.8) is 0 Å². The van der Waals surface area contributed by atoms with E-state index in [1.807, 2.05) is 13.0 Å². The average Bonchev–Trinajstić information content (AvgIpc) is 2.94. The molecule has 3 rings (SSSR count). The summed E-state index contributed by atoms with van der Waals surface area (Å²) in [7, 11) is 1.51. The fourth-order valence-electron chi connectivity index (χ4n) is 3.77. The standard InChI is InChI=1S/C16H24F2N4O2/c1-10-7-14-19-12(8-13(16(17)18)22(14)20-10)11-3-5-21(6-4-11)15(23)9-24-2/h7,11-13,16,19H,3-6,8-9H2,1-2H3/t12-,13+/m0/s1. The predicted octanol–water partition coefficient (Wildman–Crippen LogP) is 2.07. The third kappa shape index (κ3) is 3.38. The molecule has 134 valence electrons. The minimum atomic E-state index is -2.43. The Morgan fingerprint density at radius 3 is 2.79 bits per heavy atom. The maximum absolute atomic E-state index is 13.4. The molecule has 1 fully saturated rings. The first-order valence-corrected chi connectivity index (χ1v) is 8.37. The van der Waals surface area contributed by atoms with Gasteiger partial charge in [0.15, 0.2) is 0 Å². The average molecular weight is 342 g/mol. The van der Waals surface area contributed by atoms with E-state index in [1.165, 1.54) is 11.8 Å². The van der Waals surface area contributed by atoms with Crippen molar-refractivity contribution in [3.8, 4) is 0 Å². The molecule has 2 atom stereocenters. The molecule has 1 aromatic heterocycles. The Balaban J connectivity index is 1.65. The number of methoxy groups -OCH3 is 1. The number of piperidine rings is 1. The van der Waals surface area contributed by atoms with Crippen LogP contribution in [0.1, 0.15) is 31.0 Å². The van der Waals surface area contributed by atoms with Gasteiger partial charge in [0.2, 0.25) is 5.91 Å². The molecule has 1 saturated heterocycles. The lowest BCUT2D eigenvalue weighted by atomic mass is 9.85. The maximum atomic E-state index is 13.4. The summed E-state index contributed by atoms with van der Waals surface area (Å²) in [5.74, 6) is 0.945. The maximum Gasteiger partial charge on any atom is 0.260 e. The molecule has 1 N–H and O–H groups in total. The van der Waals surface area contributed by atoms with Gasteiger partial charge in [0.25, 0.3) is 6.43 Å². The van der Waals surface area contributed by atoms with Gasteiger partial charge in [-0.3, -0.25) is 4.79 Å². The lowest BCUT2D eigenvalue weighted by molar-refractivity contribution is -0.136. The molecule has 24 heavy (non-hydrogen) atoms. The first-order valence-electron chi connectivity index (χ1n) is 8.37. The van der Waals surface area contributed by atoms with Gasteiger partial charge in [0.05, 0.1) is 5.69 Å². The fraction of sp³-hybridized carbons (Fsp3) is 0.750. The molecule has 3 heterocycles. The number of carbonyl (C=O) groups is 1. The molecular weight excluding hydrogens is 318 g/mol. The molecular formula is C16H24F2N4O2. The van der Waals surface area contributed by atoms with Gasteiger partial charge in [-0.25, -0.2) is 13.5 Å². The van der Waals surface area contributed by atoms with Crippen molar-refractivity contribution in [1.29, 1.82) is 0 Å². The Bertz CT molecular complexity index is 585. The Labute approximate surface area is 140 Å². The van der Waals surface area contributed by atoms with Crippen molar-refractivity contribution in [2.45, 2.75) is 44.7 Å². The van der Waals surface area contributed by atoms with E-state index in [0.717, 1.165) is 18.5 Å². The zero-order chi connectivity index (χ0) is 17.3. The molecule has 0 spiro atoms. The number of likely N-dealkylation sites (tertiary alicyclic amines) is 1. The molecule has 2 aliphatic rings. The van der Waals surface area contributed by atoms with Crippen molar-refractivity contribution >= 4 is 11.7 Å². The zero-order valence-electron chi connectivity index (χ0n) is 14.0. The summed E-state index contributed by atoms with van der Waals surface area (Å²) in [4.78, 5) is 13.7. The van der Waals surface area contributed by atoms with Crippen molar-refractivity contribution in [1.82, 2.24) is 14.7 Å². The number of aryl methyl sites for hydroxylation is 1. The third-order valence-electron chi connectivity index (χ3n) is 5.02. The SMILES string of the molecule is COCC(=O)N1CCC([C@@H]2C[C@H](C(F)F)n3nc(C)cc3N2)CC1. The van der Waals surface area contributed by atoms with Crippen LogP contribution < -0.4 is 5.32 Å². The van der Waals surface area contributed by atoms with Gasteiger partial charge in [-0.05, 0) is 32.1 Å². The summed E-state index contributed by atoms with van der Waals surface area (Å²) in [6.07, 6.45) is -0.439. The van der Waals surface area contributed by atoms with Gasteiger partial charge in [-0.2, -0.15) is 5.10 Å². The van der Waals surface area contributed by atoms with Crippen molar-refractivity contribution in [2.24, 2.45) is 5.92 Å². The summed E-state index contributed by atoms with van der Waals surface area (Å²) < 4.78 is 33.2. The van der Waals surface area contributed by atoms with Crippen LogP contribution in [-0.4, -0.2) is 59.9 Å². The molecule has 0 aliphatic carbocycles. The summed E-state index contributed by atoms with van der Waals surface area (Å²) in [6, 6.07) is 0.930. The van der Waals surface area contributed by atoms with E-state index in [4.69, 9.17) is 4.74 Å². The van der Waals surface area contributed by atoms with E-state index in [2.05, 4.69) is 10.4 Å². The van der Waals surface area contributed by atoms with Crippen molar-refractivity contribution in [3.05, 3.63) is 11.8 Å². The Kier molecular flexibility index (Phi) is 5.03. The summed E-state index contributed by atoms with van der Waals surface area (Å²) in [6.45, 7) is 3.22. The van der Waals surface area contributed by atoms with Gasteiger partial charge in [-0.1, -0.05) is 0 Å². The number of hydrogen-bond acceptors (Lipinski definition) is 4. The van der Waals surface area contributed by atoms with Crippen LogP contribution in [0.5, 0.6) is 0 Å². The van der Waals surface area contributed by atoms with E-state index in [1.54, 1.807) is 4.90 Å². The second-order valence-corrected chi connectivity index (χ2v) is 6.66. The number of nitrogens with zero attached hydrogens (tertiary/aromatic N) is 3. The molecule has 6 nitrogen and oxygen atoms in total. The highest BCUT2D eigenvalue weighted by atomic mass is 19.3. The zero-order valence-corrected chi connectivity index (χ0v) is 14.0. The molecule has 0 unspecified atom stereocenters. The van der Waals surface area contributed by atoms with Crippen molar-refractivity contribution in [2.75, 3.05) is 32.1 Å². The van der Waals surface area contributed by atoms with Gasteiger partial charge in [0.1, 0.15) is 18.5 Å². The van der Waals surface area contributed by atoms with E-state index in [9.17, 15) is 13.6 Å². The largest absolute Gasteiger partial charge is 0.375 e. The van der Waals surface area contributed by atoms with Gasteiger partial charge in [0, 0.05) is 32.3 Å². The van der Waals surface area contributed by atoms with E-state index >= 15 is 0 Å². The van der Waals surface area contributed by atoms with Crippen LogP contribution in [0, 0.1) is 12.8 Å². The van der Waals surface area contributed by atoms with Crippen LogP contribution >= 0.6 is 0 Å². The van der Waals surface area contributed by atoms with Gasteiger partial charge >= 0.3 is 0 Å². The minimum Gasteiger partial charge on any atom is -0.375 e. The van der Waals surface area contributed by atoms with Crippen LogP contribution in [0.4, 0.5) is 14.6 Å². The first-order chi connectivity index (χ1) is 11.5. The van der Waals surface area contributed by atoms with Crippen LogP contribution in [0.2, 0.25) is 0 Å². The van der Waals surface area contributed by atoms with Gasteiger partial charge in [-0.15, -0.1) is 0 Å². The van der Waals surface area contributed by atoms with Crippen LogP contribution in [0.3, 0.4) is 0 Å². The summed E-state index contributed by atoms with van der Waals surface area (Å²) in [5.41, 5.74) is 0.740. The van der Waals surface area contributed by atoms with Crippen LogP contribution in [-0.2, 0) is 9.53 Å². The van der Waals surface area contributed by atoms with Crippen LogP contribution in [0.15, 0.2) is 6.07 Å². The highest BCUT2D eigenvalue weighted by molar-refractivity contribution is 5.77. The predicted molar refractivity (Wildman–Crippen MR) is 85.2 cm³/mol. The molecule has 1 amide bonds. The highest BCUT2D eigenvalue weighted by Gasteiger charge is 2.38. The second kappa shape index (κ2) is 7.04. The lowest BCUT2D eigenvalue weighted by Gasteiger charge is -2.40. The van der Waals surface area contributed by atoms with Gasteiger partial charge < -0.3 is 15.0 Å². The number of anilines is 1. The molecule has 0 saturated carbocycles. The van der Waals surface area contributed by atoms with E-state index < -0.39 is 12.5 Å². The number of aromatic nitrogens is 2. The second-order valence-electron chi connectivity index (χ2n) is 6.66.